The number of carbonyl (C=O) groups is 2. The second kappa shape index (κ2) is 6.56. The van der Waals surface area contributed by atoms with Gasteiger partial charge in [0.25, 0.3) is 0 Å². The van der Waals surface area contributed by atoms with Crippen LogP contribution >= 0.6 is 0 Å². The van der Waals surface area contributed by atoms with Crippen LogP contribution in [0, 0.1) is 11.8 Å². The third-order valence-electron chi connectivity index (χ3n) is 3.54. The molecular formula is C13H24N2O4S. The minimum Gasteiger partial charge on any atom is -0.369 e. The summed E-state index contributed by atoms with van der Waals surface area (Å²) in [5.41, 5.74) is 5.27. The molecule has 0 bridgehead atoms. The van der Waals surface area contributed by atoms with Gasteiger partial charge in [-0.25, -0.2) is 8.42 Å². The molecule has 1 rings (SSSR count). The fourth-order valence-electron chi connectivity index (χ4n) is 2.52. The van der Waals surface area contributed by atoms with Crippen molar-refractivity contribution in [3.8, 4) is 0 Å². The maximum Gasteiger partial charge on any atom is 0.238 e. The number of rotatable bonds is 5. The lowest BCUT2D eigenvalue weighted by atomic mass is 9.93. The van der Waals surface area contributed by atoms with Gasteiger partial charge >= 0.3 is 0 Å². The lowest BCUT2D eigenvalue weighted by molar-refractivity contribution is -0.135. The van der Waals surface area contributed by atoms with E-state index in [4.69, 9.17) is 5.73 Å². The summed E-state index contributed by atoms with van der Waals surface area (Å²) in [6.07, 6.45) is 1.32. The minimum atomic E-state index is -3.40. The van der Waals surface area contributed by atoms with Crippen LogP contribution in [-0.2, 0) is 19.4 Å². The molecule has 0 aromatic heterocycles. The molecule has 0 saturated carbocycles. The van der Waals surface area contributed by atoms with Crippen molar-refractivity contribution in [3.05, 3.63) is 0 Å². The van der Waals surface area contributed by atoms with Crippen molar-refractivity contribution in [1.82, 2.24) is 4.90 Å². The van der Waals surface area contributed by atoms with Crippen molar-refractivity contribution >= 4 is 21.7 Å². The molecule has 2 N–H and O–H groups in total. The van der Waals surface area contributed by atoms with E-state index in [1.807, 2.05) is 6.92 Å². The fourth-order valence-corrected chi connectivity index (χ4v) is 4.20. The molecule has 1 aliphatic rings. The number of nitrogens with two attached hydrogens (primary N) is 1. The Morgan fingerprint density at radius 3 is 2.40 bits per heavy atom. The number of sulfone groups is 1. The Morgan fingerprint density at radius 2 is 1.90 bits per heavy atom. The molecule has 1 saturated heterocycles. The number of likely N-dealkylation sites (tertiary alicyclic amines) is 1. The van der Waals surface area contributed by atoms with E-state index in [1.165, 1.54) is 4.90 Å². The van der Waals surface area contributed by atoms with Crippen LogP contribution in [-0.4, -0.2) is 49.2 Å². The number of amides is 2. The van der Waals surface area contributed by atoms with Gasteiger partial charge in [0.15, 0.2) is 9.84 Å². The Bertz CT molecular complexity index is 473. The molecule has 1 heterocycles. The SMILES string of the molecule is CC(C)CS(=O)(=O)CC(=O)N1C[C@H](C(N)=O)CC[C@H]1C. The van der Waals surface area contributed by atoms with Crippen molar-refractivity contribution in [2.45, 2.75) is 39.7 Å². The molecule has 0 radical (unpaired) electrons. The van der Waals surface area contributed by atoms with Gasteiger partial charge in [0, 0.05) is 12.6 Å². The van der Waals surface area contributed by atoms with E-state index >= 15 is 0 Å². The second-order valence-corrected chi connectivity index (χ2v) is 8.13. The van der Waals surface area contributed by atoms with Crippen LogP contribution in [0.25, 0.3) is 0 Å². The Balaban J connectivity index is 2.72. The highest BCUT2D eigenvalue weighted by molar-refractivity contribution is 7.92. The standard InChI is InChI=1S/C13H24N2O4S/c1-9(2)7-20(18,19)8-12(16)15-6-11(13(14)17)5-4-10(15)3/h9-11H,4-8H2,1-3H3,(H2,14,17)/t10-,11-/m1/s1. The Labute approximate surface area is 120 Å². The smallest absolute Gasteiger partial charge is 0.238 e. The van der Waals surface area contributed by atoms with Crippen LogP contribution in [0.15, 0.2) is 0 Å². The van der Waals surface area contributed by atoms with Crippen molar-refractivity contribution in [2.24, 2.45) is 17.6 Å². The maximum absolute atomic E-state index is 12.2. The molecule has 6 nitrogen and oxygen atoms in total. The van der Waals surface area contributed by atoms with Crippen LogP contribution in [0.2, 0.25) is 0 Å². The molecular weight excluding hydrogens is 280 g/mol. The highest BCUT2D eigenvalue weighted by Gasteiger charge is 2.33. The normalized spacial score (nSPS) is 23.9. The summed E-state index contributed by atoms with van der Waals surface area (Å²) < 4.78 is 23.8. The van der Waals surface area contributed by atoms with Gasteiger partial charge in [-0.3, -0.25) is 9.59 Å². The molecule has 1 fully saturated rings. The first-order chi connectivity index (χ1) is 9.12. The molecule has 0 spiro atoms. The van der Waals surface area contributed by atoms with Gasteiger partial charge in [0.05, 0.1) is 11.7 Å². The van der Waals surface area contributed by atoms with Crippen LogP contribution in [0.4, 0.5) is 0 Å². The van der Waals surface area contributed by atoms with E-state index in [2.05, 4.69) is 0 Å². The number of carbonyl (C=O) groups excluding carboxylic acids is 2. The van der Waals surface area contributed by atoms with E-state index in [0.29, 0.717) is 12.8 Å². The Kier molecular flexibility index (Phi) is 5.56. The van der Waals surface area contributed by atoms with Gasteiger partial charge in [0.2, 0.25) is 11.8 Å². The zero-order valence-electron chi connectivity index (χ0n) is 12.3. The maximum atomic E-state index is 12.2. The molecule has 0 aliphatic carbocycles. The summed E-state index contributed by atoms with van der Waals surface area (Å²) in [5, 5.41) is 0. The van der Waals surface area contributed by atoms with E-state index in [0.717, 1.165) is 0 Å². The number of nitrogens with zero attached hydrogens (tertiary/aromatic N) is 1. The highest BCUT2D eigenvalue weighted by atomic mass is 32.2. The monoisotopic (exact) mass is 304 g/mol. The summed E-state index contributed by atoms with van der Waals surface area (Å²) in [4.78, 5) is 24.9. The Morgan fingerprint density at radius 1 is 1.30 bits per heavy atom. The van der Waals surface area contributed by atoms with Crippen molar-refractivity contribution < 1.29 is 18.0 Å². The van der Waals surface area contributed by atoms with Crippen LogP contribution in [0.3, 0.4) is 0 Å². The van der Waals surface area contributed by atoms with E-state index in [9.17, 15) is 18.0 Å². The average molecular weight is 304 g/mol. The molecule has 0 aromatic rings. The van der Waals surface area contributed by atoms with Gasteiger partial charge in [-0.2, -0.15) is 0 Å². The van der Waals surface area contributed by atoms with E-state index < -0.39 is 27.4 Å². The number of hydrogen-bond acceptors (Lipinski definition) is 4. The molecule has 0 unspecified atom stereocenters. The van der Waals surface area contributed by atoms with Gasteiger partial charge in [-0.15, -0.1) is 0 Å². The van der Waals surface area contributed by atoms with Crippen LogP contribution in [0.1, 0.15) is 33.6 Å². The van der Waals surface area contributed by atoms with E-state index in [-0.39, 0.29) is 30.2 Å². The first-order valence-corrected chi connectivity index (χ1v) is 8.73. The highest BCUT2D eigenvalue weighted by Crippen LogP contribution is 2.22. The topological polar surface area (TPSA) is 97.5 Å². The first-order valence-electron chi connectivity index (χ1n) is 6.91. The third kappa shape index (κ3) is 4.77. The van der Waals surface area contributed by atoms with E-state index in [1.54, 1.807) is 13.8 Å². The second-order valence-electron chi connectivity index (χ2n) is 6.02. The van der Waals surface area contributed by atoms with Crippen molar-refractivity contribution in [3.63, 3.8) is 0 Å². The predicted octanol–water partition coefficient (Wildman–Crippen LogP) is 0.170. The predicted molar refractivity (Wildman–Crippen MR) is 76.6 cm³/mol. The zero-order valence-corrected chi connectivity index (χ0v) is 13.1. The summed E-state index contributed by atoms with van der Waals surface area (Å²) >= 11 is 0. The largest absolute Gasteiger partial charge is 0.369 e. The Hall–Kier alpha value is -1.11. The number of hydrogen-bond donors (Lipinski definition) is 1. The number of piperidine rings is 1. The molecule has 1 aliphatic heterocycles. The molecule has 2 amide bonds. The zero-order chi connectivity index (χ0) is 15.5. The lowest BCUT2D eigenvalue weighted by Crippen LogP contribution is -2.50. The van der Waals surface area contributed by atoms with Gasteiger partial charge < -0.3 is 10.6 Å². The number of primary amides is 1. The molecule has 2 atom stereocenters. The molecule has 7 heteroatoms. The van der Waals surface area contributed by atoms with Gasteiger partial charge in [-0.1, -0.05) is 13.8 Å². The van der Waals surface area contributed by atoms with Crippen LogP contribution in [0.5, 0.6) is 0 Å². The fraction of sp³-hybridized carbons (Fsp3) is 0.846. The molecule has 116 valence electrons. The summed E-state index contributed by atoms with van der Waals surface area (Å²) in [6, 6.07) is -0.0488. The van der Waals surface area contributed by atoms with Crippen molar-refractivity contribution in [1.29, 1.82) is 0 Å². The molecule has 0 aromatic carbocycles. The van der Waals surface area contributed by atoms with Gasteiger partial charge in [0.1, 0.15) is 5.75 Å². The third-order valence-corrected chi connectivity index (χ3v) is 5.40. The molecule has 20 heavy (non-hydrogen) atoms. The summed E-state index contributed by atoms with van der Waals surface area (Å²) in [7, 11) is -3.40. The average Bonchev–Trinajstić information content (AvgIpc) is 2.26. The quantitative estimate of drug-likeness (QED) is 0.783. The summed E-state index contributed by atoms with van der Waals surface area (Å²) in [5.74, 6) is -1.72. The summed E-state index contributed by atoms with van der Waals surface area (Å²) in [6.45, 7) is 5.69. The van der Waals surface area contributed by atoms with Gasteiger partial charge in [-0.05, 0) is 25.7 Å². The minimum absolute atomic E-state index is 0.000207. The lowest BCUT2D eigenvalue weighted by Gasteiger charge is -2.36. The van der Waals surface area contributed by atoms with Crippen LogP contribution < -0.4 is 5.73 Å². The first kappa shape index (κ1) is 16.9. The van der Waals surface area contributed by atoms with Crippen molar-refractivity contribution in [2.75, 3.05) is 18.1 Å².